The van der Waals surface area contributed by atoms with Crippen LogP contribution in [0.5, 0.6) is 46.0 Å². The molecule has 8 aliphatic rings. The summed E-state index contributed by atoms with van der Waals surface area (Å²) in [5, 5.41) is 9.76. The van der Waals surface area contributed by atoms with Gasteiger partial charge in [-0.05, 0) is 169 Å². The summed E-state index contributed by atoms with van der Waals surface area (Å²) in [6, 6.07) is 109. The number of hydrogen-bond donors (Lipinski definition) is 0. The lowest BCUT2D eigenvalue weighted by atomic mass is 9.34. The second-order valence-electron chi connectivity index (χ2n) is 30.6. The molecule has 0 aliphatic carbocycles. The van der Waals surface area contributed by atoms with Crippen LogP contribution in [-0.4, -0.2) is 45.1 Å². The fourth-order valence-corrected chi connectivity index (χ4v) is 20.7. The van der Waals surface area contributed by atoms with Crippen LogP contribution < -0.4 is 84.5 Å². The van der Waals surface area contributed by atoms with Crippen molar-refractivity contribution in [1.29, 1.82) is 0 Å². The Labute approximate surface area is 665 Å². The van der Waals surface area contributed by atoms with Crippen LogP contribution in [0.2, 0.25) is 0 Å². The molecule has 0 saturated heterocycles. The average molecular weight is 1470 g/mol. The van der Waals surface area contributed by atoms with Crippen molar-refractivity contribution in [3.63, 3.8) is 0 Å². The van der Waals surface area contributed by atoms with Gasteiger partial charge in [0.25, 0.3) is 13.4 Å². The van der Waals surface area contributed by atoms with Gasteiger partial charge in [-0.1, -0.05) is 218 Å². The normalized spacial score (nSPS) is 13.0. The standard InChI is InChI=1S/4C25H13BN2O/c1-27-15-13-17-16-7-2-4-9-20(16)28-21-10-6-12-23-24(21)26(19(14-15)25(17)28)18-8-3-5-11-22(18)29-23;1-27-18-14-13-16-15-7-2-4-9-19(15)28-20-10-6-12-22-24(20)26(23(18)25(16)28)17-8-3-5-11-21(17)29-22;1-27-18-10-5-13-21-23(18)26-17-9-4-8-16-15-7-2-3-11-19(15)28(25(16)17)20-12-6-14-22(29-21)24(20)26;1-27-15-12-13-22-19(14-15)26-18-8-4-7-17-16-6-2-3-9-20(16)28(25(17)18)21-10-5-11-23(29-22)24(21)26/h4*2-14H. The first-order valence-electron chi connectivity index (χ1n) is 38.8. The molecule has 0 amide bonds. The number of hydrogen-bond acceptors (Lipinski definition) is 4. The van der Waals surface area contributed by atoms with Crippen molar-refractivity contribution in [1.82, 2.24) is 18.3 Å². The van der Waals surface area contributed by atoms with Gasteiger partial charge in [0.2, 0.25) is 13.4 Å². The van der Waals surface area contributed by atoms with Crippen molar-refractivity contribution < 1.29 is 18.9 Å². The first kappa shape index (κ1) is 63.9. The minimum atomic E-state index is -0.00392. The van der Waals surface area contributed by atoms with Gasteiger partial charge in [-0.15, -0.1) is 0 Å². The van der Waals surface area contributed by atoms with E-state index in [1.54, 1.807) is 0 Å². The molecule has 16 aromatic carbocycles. The van der Waals surface area contributed by atoms with Gasteiger partial charge in [-0.25, -0.2) is 19.4 Å². The number of para-hydroxylation sites is 8. The predicted molar refractivity (Wildman–Crippen MR) is 473 cm³/mol. The molecule has 0 saturated carbocycles. The lowest BCUT2D eigenvalue weighted by Crippen LogP contribution is -2.58. The number of rotatable bonds is 0. The summed E-state index contributed by atoms with van der Waals surface area (Å²) in [5.74, 6) is 6.95. The van der Waals surface area contributed by atoms with E-state index < -0.39 is 0 Å². The van der Waals surface area contributed by atoms with Crippen molar-refractivity contribution in [3.8, 4) is 68.7 Å². The fourth-order valence-electron chi connectivity index (χ4n) is 20.7. The molecule has 0 radical (unpaired) electrons. The zero-order valence-corrected chi connectivity index (χ0v) is 61.5. The molecule has 528 valence electrons. The van der Waals surface area contributed by atoms with E-state index in [-0.39, 0.29) is 26.9 Å². The number of fused-ring (bicyclic) bond motifs is 28. The molecule has 28 rings (SSSR count). The van der Waals surface area contributed by atoms with Gasteiger partial charge >= 0.3 is 0 Å². The number of ether oxygens (including phenoxy) is 4. The highest BCUT2D eigenvalue weighted by Crippen LogP contribution is 2.45. The Morgan fingerprint density at radius 1 is 0.207 bits per heavy atom. The smallest absolute Gasteiger partial charge is 0.254 e. The molecule has 116 heavy (non-hydrogen) atoms. The highest BCUT2D eigenvalue weighted by atomic mass is 16.5. The molecular weight excluding hydrogens is 1420 g/mol. The number of nitrogens with zero attached hydrogens (tertiary/aromatic N) is 8. The quantitative estimate of drug-likeness (QED) is 0.112. The van der Waals surface area contributed by atoms with Gasteiger partial charge in [0, 0.05) is 82.5 Å². The minimum Gasteiger partial charge on any atom is -0.460 e. The maximum Gasteiger partial charge on any atom is 0.254 e. The molecule has 8 aliphatic heterocycles. The van der Waals surface area contributed by atoms with E-state index in [4.69, 9.17) is 45.2 Å². The van der Waals surface area contributed by atoms with E-state index in [1.165, 1.54) is 92.6 Å². The molecule has 12 nitrogen and oxygen atoms in total. The highest BCUT2D eigenvalue weighted by Gasteiger charge is 2.46. The van der Waals surface area contributed by atoms with E-state index in [0.29, 0.717) is 22.7 Å². The Morgan fingerprint density at radius 2 is 0.543 bits per heavy atom. The van der Waals surface area contributed by atoms with Crippen LogP contribution in [-0.2, 0) is 0 Å². The third kappa shape index (κ3) is 8.50. The van der Waals surface area contributed by atoms with Crippen molar-refractivity contribution in [3.05, 3.63) is 361 Å². The molecule has 20 aromatic rings. The third-order valence-corrected chi connectivity index (χ3v) is 25.1. The number of aromatic nitrogens is 4. The second-order valence-corrected chi connectivity index (χ2v) is 30.6. The molecule has 12 heterocycles. The molecule has 16 heteroatoms. The SMILES string of the molecule is [C-]#[N+]c1cc2c3c(c1)c1ccccc1n3-c1cccc3c1B2c1ccccc1O3.[C-]#[N+]c1ccc2c(c1)B1c3c(cccc3-n3c4ccccc4c4cccc1c43)O2.[C-]#[N+]c1ccc2c3ccccc3n3c2c1B1c2ccccc2Oc2cccc-3c21.[C-]#[N+]c1cccc2c1B1c3c(cccc3-n3c4ccccc4c4cccc1c43)O2. The topological polar surface area (TPSA) is 74.1 Å². The van der Waals surface area contributed by atoms with Gasteiger partial charge in [-0.3, -0.25) is 0 Å². The third-order valence-electron chi connectivity index (χ3n) is 25.1. The summed E-state index contributed by atoms with van der Waals surface area (Å²) in [7, 11) is 0. The van der Waals surface area contributed by atoms with E-state index in [0.717, 1.165) is 129 Å². The molecule has 0 bridgehead atoms. The van der Waals surface area contributed by atoms with Crippen LogP contribution in [0, 0.1) is 26.3 Å². The van der Waals surface area contributed by atoms with Crippen molar-refractivity contribution in [2.45, 2.75) is 0 Å². The van der Waals surface area contributed by atoms with E-state index >= 15 is 0 Å². The molecule has 0 N–H and O–H groups in total. The van der Waals surface area contributed by atoms with E-state index in [1.807, 2.05) is 97.1 Å². The van der Waals surface area contributed by atoms with Crippen LogP contribution >= 0.6 is 0 Å². The van der Waals surface area contributed by atoms with Crippen LogP contribution in [0.3, 0.4) is 0 Å². The van der Waals surface area contributed by atoms with Crippen molar-refractivity contribution >= 4 is 202 Å². The van der Waals surface area contributed by atoms with Gasteiger partial charge in [0.15, 0.2) is 22.7 Å². The lowest BCUT2D eigenvalue weighted by Gasteiger charge is -2.33. The maximum atomic E-state index is 7.88. The summed E-state index contributed by atoms with van der Waals surface area (Å²) in [6.07, 6.45) is 0. The summed E-state index contributed by atoms with van der Waals surface area (Å²) in [6.45, 7) is 30.9. The first-order chi connectivity index (χ1) is 57.4. The van der Waals surface area contributed by atoms with Crippen LogP contribution in [0.25, 0.3) is 129 Å². The Hall–Kier alpha value is -15.9. The Kier molecular flexibility index (Phi) is 13.1. The first-order valence-corrected chi connectivity index (χ1v) is 38.8. The van der Waals surface area contributed by atoms with Crippen LogP contribution in [0.4, 0.5) is 22.7 Å². The Balaban J connectivity index is 0.0000000866. The second kappa shape index (κ2) is 23.8. The maximum absolute atomic E-state index is 7.88. The Morgan fingerprint density at radius 3 is 1.05 bits per heavy atom. The zero-order chi connectivity index (χ0) is 76.4. The van der Waals surface area contributed by atoms with Crippen LogP contribution in [0.1, 0.15) is 0 Å². The molecule has 0 atom stereocenters. The summed E-state index contributed by atoms with van der Waals surface area (Å²) in [4.78, 5) is 15.2. The fraction of sp³-hybridized carbons (Fsp3) is 0. The molecule has 0 fully saturated rings. The number of benzene rings is 16. The lowest BCUT2D eigenvalue weighted by molar-refractivity contribution is 0.487. The van der Waals surface area contributed by atoms with E-state index in [2.05, 4.69) is 256 Å². The molecule has 0 spiro atoms. The van der Waals surface area contributed by atoms with E-state index in [9.17, 15) is 0 Å². The predicted octanol–water partition coefficient (Wildman–Crippen LogP) is 17.1. The van der Waals surface area contributed by atoms with Crippen molar-refractivity contribution in [2.75, 3.05) is 0 Å². The Bertz CT molecular complexity index is 8100. The van der Waals surface area contributed by atoms with Gasteiger partial charge in [-0.2, -0.15) is 0 Å². The molecule has 4 aromatic heterocycles. The zero-order valence-electron chi connectivity index (χ0n) is 61.5. The average Bonchev–Trinajstić information content (AvgIpc) is 1.53. The molecule has 0 unspecified atom stereocenters. The van der Waals surface area contributed by atoms with Gasteiger partial charge in [0.05, 0.1) is 48.4 Å². The summed E-state index contributed by atoms with van der Waals surface area (Å²) in [5.41, 5.74) is 30.7. The monoisotopic (exact) mass is 1470 g/mol. The highest BCUT2D eigenvalue weighted by molar-refractivity contribution is 7.02. The van der Waals surface area contributed by atoms with Gasteiger partial charge in [0.1, 0.15) is 46.0 Å². The molecular formula is C100H52B4N8O4. The van der Waals surface area contributed by atoms with Crippen LogP contribution in [0.15, 0.2) is 315 Å². The minimum absolute atomic E-state index is 0.00392. The summed E-state index contributed by atoms with van der Waals surface area (Å²) < 4.78 is 34.6. The van der Waals surface area contributed by atoms with Gasteiger partial charge < -0.3 is 37.2 Å². The summed E-state index contributed by atoms with van der Waals surface area (Å²) >= 11 is 0. The largest absolute Gasteiger partial charge is 0.460 e. The van der Waals surface area contributed by atoms with Crippen molar-refractivity contribution in [2.24, 2.45) is 0 Å².